The molecule has 4 heterocycles. The number of aromatic nitrogens is 3. The Balaban J connectivity index is 1.27. The van der Waals surface area contributed by atoms with Gasteiger partial charge in [-0.25, -0.2) is 4.79 Å². The van der Waals surface area contributed by atoms with Crippen LogP contribution in [0, 0.1) is 11.8 Å². The number of urea groups is 1. The number of carbonyl (C=O) groups is 2. The Bertz CT molecular complexity index is 950. The second kappa shape index (κ2) is 7.62. The standard InChI is InChI=1S/C21H26N6O3/c1-30-17-6-4-16(5-7-17)22-20(28)19-24-23-18-10-14-11-26(12-15(14)13-27(18)19)21(29)25-8-2-3-9-25/h4-7,14-15H,2-3,8-13H2,1H3,(H,22,28)/t14-,15+/m1/s1. The van der Waals surface area contributed by atoms with Gasteiger partial charge in [0.25, 0.3) is 5.91 Å². The van der Waals surface area contributed by atoms with Crippen molar-refractivity contribution in [2.45, 2.75) is 25.8 Å². The first-order valence-corrected chi connectivity index (χ1v) is 10.5. The first kappa shape index (κ1) is 18.9. The van der Waals surface area contributed by atoms with Crippen LogP contribution in [0.5, 0.6) is 5.75 Å². The molecule has 3 amide bonds. The molecular weight excluding hydrogens is 384 g/mol. The highest BCUT2D eigenvalue weighted by molar-refractivity contribution is 6.01. The van der Waals surface area contributed by atoms with Crippen LogP contribution in [0.4, 0.5) is 10.5 Å². The minimum absolute atomic E-state index is 0.162. The van der Waals surface area contributed by atoms with Crippen molar-refractivity contribution in [2.24, 2.45) is 11.8 Å². The third kappa shape index (κ3) is 3.38. The molecule has 1 aromatic carbocycles. The average molecular weight is 410 g/mol. The quantitative estimate of drug-likeness (QED) is 0.834. The Morgan fingerprint density at radius 1 is 1.00 bits per heavy atom. The van der Waals surface area contributed by atoms with E-state index in [1.165, 1.54) is 0 Å². The van der Waals surface area contributed by atoms with Gasteiger partial charge in [0, 0.05) is 44.8 Å². The maximum Gasteiger partial charge on any atom is 0.320 e. The van der Waals surface area contributed by atoms with Crippen LogP contribution in [-0.4, -0.2) is 69.8 Å². The van der Waals surface area contributed by atoms with E-state index in [-0.39, 0.29) is 11.9 Å². The highest BCUT2D eigenvalue weighted by Gasteiger charge is 2.41. The van der Waals surface area contributed by atoms with E-state index in [0.717, 1.165) is 57.0 Å². The van der Waals surface area contributed by atoms with Crippen LogP contribution < -0.4 is 10.1 Å². The van der Waals surface area contributed by atoms with Gasteiger partial charge in [-0.2, -0.15) is 0 Å². The number of ether oxygens (including phenoxy) is 1. The number of fused-ring (bicyclic) bond motifs is 2. The highest BCUT2D eigenvalue weighted by atomic mass is 16.5. The largest absolute Gasteiger partial charge is 0.497 e. The summed E-state index contributed by atoms with van der Waals surface area (Å²) in [6, 6.07) is 7.33. The Kier molecular flexibility index (Phi) is 4.80. The van der Waals surface area contributed by atoms with Crippen molar-refractivity contribution in [2.75, 3.05) is 38.6 Å². The summed E-state index contributed by atoms with van der Waals surface area (Å²) in [6.45, 7) is 3.90. The fourth-order valence-corrected chi connectivity index (χ4v) is 4.82. The van der Waals surface area contributed by atoms with Crippen molar-refractivity contribution in [1.82, 2.24) is 24.6 Å². The predicted octanol–water partition coefficient (Wildman–Crippen LogP) is 1.86. The Labute approximate surface area is 175 Å². The molecule has 3 aliphatic rings. The van der Waals surface area contributed by atoms with Crippen molar-refractivity contribution in [3.63, 3.8) is 0 Å². The van der Waals surface area contributed by atoms with Gasteiger partial charge in [-0.15, -0.1) is 10.2 Å². The number of rotatable bonds is 3. The normalized spacial score (nSPS) is 22.6. The van der Waals surface area contributed by atoms with Crippen molar-refractivity contribution in [1.29, 1.82) is 0 Å². The van der Waals surface area contributed by atoms with Crippen LogP contribution in [0.25, 0.3) is 0 Å². The van der Waals surface area contributed by atoms with Crippen LogP contribution in [0.15, 0.2) is 24.3 Å². The third-order valence-electron chi connectivity index (χ3n) is 6.46. The zero-order valence-electron chi connectivity index (χ0n) is 17.1. The van der Waals surface area contributed by atoms with Gasteiger partial charge in [-0.3, -0.25) is 4.79 Å². The summed E-state index contributed by atoms with van der Waals surface area (Å²) in [4.78, 5) is 29.5. The lowest BCUT2D eigenvalue weighted by molar-refractivity contribution is 0.100. The van der Waals surface area contributed by atoms with E-state index in [1.807, 2.05) is 14.4 Å². The molecule has 2 aromatic rings. The van der Waals surface area contributed by atoms with E-state index in [4.69, 9.17) is 4.74 Å². The van der Waals surface area contributed by atoms with Gasteiger partial charge >= 0.3 is 6.03 Å². The molecule has 0 spiro atoms. The second-order valence-corrected chi connectivity index (χ2v) is 8.34. The molecular formula is C21H26N6O3. The first-order chi connectivity index (χ1) is 14.6. The summed E-state index contributed by atoms with van der Waals surface area (Å²) in [5, 5.41) is 11.3. The van der Waals surface area contributed by atoms with E-state index < -0.39 is 0 Å². The zero-order chi connectivity index (χ0) is 20.7. The number of hydrogen-bond donors (Lipinski definition) is 1. The van der Waals surface area contributed by atoms with Crippen molar-refractivity contribution < 1.29 is 14.3 Å². The summed E-state index contributed by atoms with van der Waals surface area (Å²) in [6.07, 6.45) is 2.94. The lowest BCUT2D eigenvalue weighted by Gasteiger charge is -2.25. The summed E-state index contributed by atoms with van der Waals surface area (Å²) in [5.41, 5.74) is 0.676. The zero-order valence-corrected chi connectivity index (χ0v) is 17.1. The number of hydrogen-bond acceptors (Lipinski definition) is 5. The minimum Gasteiger partial charge on any atom is -0.497 e. The monoisotopic (exact) mass is 410 g/mol. The Morgan fingerprint density at radius 3 is 2.47 bits per heavy atom. The molecule has 3 aliphatic heterocycles. The van der Waals surface area contributed by atoms with Crippen LogP contribution >= 0.6 is 0 Å². The number of anilines is 1. The molecule has 0 radical (unpaired) electrons. The molecule has 0 saturated carbocycles. The molecule has 1 N–H and O–H groups in total. The molecule has 5 rings (SSSR count). The number of benzene rings is 1. The van der Waals surface area contributed by atoms with E-state index in [2.05, 4.69) is 15.5 Å². The number of methoxy groups -OCH3 is 1. The van der Waals surface area contributed by atoms with Crippen molar-refractivity contribution in [3.05, 3.63) is 35.9 Å². The minimum atomic E-state index is -0.277. The van der Waals surface area contributed by atoms with Gasteiger partial charge in [0.15, 0.2) is 0 Å². The van der Waals surface area contributed by atoms with Crippen LogP contribution in [0.2, 0.25) is 0 Å². The number of amides is 3. The van der Waals surface area contributed by atoms with E-state index >= 15 is 0 Å². The number of nitrogens with zero attached hydrogens (tertiary/aromatic N) is 5. The molecule has 9 heteroatoms. The topological polar surface area (TPSA) is 92.6 Å². The number of likely N-dealkylation sites (tertiary alicyclic amines) is 2. The fraction of sp³-hybridized carbons (Fsp3) is 0.524. The smallest absolute Gasteiger partial charge is 0.320 e. The van der Waals surface area contributed by atoms with Gasteiger partial charge in [-0.05, 0) is 48.9 Å². The van der Waals surface area contributed by atoms with Crippen molar-refractivity contribution in [3.8, 4) is 5.75 Å². The molecule has 0 unspecified atom stereocenters. The molecule has 1 aromatic heterocycles. The third-order valence-corrected chi connectivity index (χ3v) is 6.46. The molecule has 9 nitrogen and oxygen atoms in total. The Morgan fingerprint density at radius 2 is 1.73 bits per heavy atom. The molecule has 0 aliphatic carbocycles. The summed E-state index contributed by atoms with van der Waals surface area (Å²) in [5.74, 6) is 2.31. The predicted molar refractivity (Wildman–Crippen MR) is 109 cm³/mol. The summed E-state index contributed by atoms with van der Waals surface area (Å²) in [7, 11) is 1.60. The summed E-state index contributed by atoms with van der Waals surface area (Å²) >= 11 is 0. The molecule has 158 valence electrons. The molecule has 30 heavy (non-hydrogen) atoms. The molecule has 0 bridgehead atoms. The first-order valence-electron chi connectivity index (χ1n) is 10.5. The van der Waals surface area contributed by atoms with Gasteiger partial charge in [0.2, 0.25) is 5.82 Å². The molecule has 2 fully saturated rings. The fourth-order valence-electron chi connectivity index (χ4n) is 4.82. The van der Waals surface area contributed by atoms with Gasteiger partial charge in [-0.1, -0.05) is 0 Å². The van der Waals surface area contributed by atoms with Crippen molar-refractivity contribution >= 4 is 17.6 Å². The SMILES string of the molecule is COc1ccc(NC(=O)c2nnc3n2C[C@@H]2CN(C(=O)N4CCCC4)C[C@H]2C3)cc1. The van der Waals surface area contributed by atoms with Gasteiger partial charge in [0.1, 0.15) is 11.6 Å². The molecule has 2 saturated heterocycles. The average Bonchev–Trinajstić information content (AvgIpc) is 3.51. The van der Waals surface area contributed by atoms with E-state index in [0.29, 0.717) is 29.9 Å². The summed E-state index contributed by atoms with van der Waals surface area (Å²) < 4.78 is 7.07. The maximum absolute atomic E-state index is 12.8. The number of carbonyl (C=O) groups excluding carboxylic acids is 2. The lowest BCUT2D eigenvalue weighted by atomic mass is 9.89. The number of nitrogens with one attached hydrogen (secondary N) is 1. The van der Waals surface area contributed by atoms with Gasteiger partial charge < -0.3 is 24.4 Å². The van der Waals surface area contributed by atoms with E-state index in [9.17, 15) is 9.59 Å². The highest BCUT2D eigenvalue weighted by Crippen LogP contribution is 2.33. The van der Waals surface area contributed by atoms with Crippen LogP contribution in [0.3, 0.4) is 0 Å². The van der Waals surface area contributed by atoms with E-state index in [1.54, 1.807) is 31.4 Å². The van der Waals surface area contributed by atoms with Crippen LogP contribution in [-0.2, 0) is 13.0 Å². The lowest BCUT2D eigenvalue weighted by Crippen LogP contribution is -2.40. The van der Waals surface area contributed by atoms with Crippen LogP contribution in [0.1, 0.15) is 29.3 Å². The molecule has 2 atom stereocenters. The maximum atomic E-state index is 12.8. The second-order valence-electron chi connectivity index (χ2n) is 8.34. The van der Waals surface area contributed by atoms with Gasteiger partial charge in [0.05, 0.1) is 7.11 Å². The Hall–Kier alpha value is -3.10.